The predicted molar refractivity (Wildman–Crippen MR) is 55.0 cm³/mol. The average Bonchev–Trinajstić information content (AvgIpc) is 2.82. The molecule has 0 saturated carbocycles. The normalized spacial score (nSPS) is 9.88. The SMILES string of the molecule is COc1cccc(OC)c1Oc1nc[c]o1. The van der Waals surface area contributed by atoms with E-state index in [0.717, 1.165) is 0 Å². The van der Waals surface area contributed by atoms with Gasteiger partial charge in [-0.1, -0.05) is 6.07 Å². The van der Waals surface area contributed by atoms with Crippen LogP contribution in [0.15, 0.2) is 28.8 Å². The Hall–Kier alpha value is -2.17. The number of hydrogen-bond donors (Lipinski definition) is 0. The summed E-state index contributed by atoms with van der Waals surface area (Å²) in [7, 11) is 3.09. The maximum absolute atomic E-state index is 5.40. The number of ether oxygens (including phenoxy) is 3. The van der Waals surface area contributed by atoms with Gasteiger partial charge < -0.3 is 18.6 Å². The monoisotopic (exact) mass is 220 g/mol. The molecule has 0 saturated heterocycles. The van der Waals surface area contributed by atoms with Crippen LogP contribution in [-0.2, 0) is 0 Å². The zero-order chi connectivity index (χ0) is 11.4. The molecular weight excluding hydrogens is 210 g/mol. The van der Waals surface area contributed by atoms with E-state index in [4.69, 9.17) is 18.6 Å². The lowest BCUT2D eigenvalue weighted by atomic mass is 10.3. The van der Waals surface area contributed by atoms with Crippen molar-refractivity contribution in [3.8, 4) is 23.3 Å². The average molecular weight is 220 g/mol. The molecule has 2 aromatic rings. The largest absolute Gasteiger partial charge is 0.493 e. The Balaban J connectivity index is 2.37. The van der Waals surface area contributed by atoms with Gasteiger partial charge in [-0.05, 0) is 12.1 Å². The smallest absolute Gasteiger partial charge is 0.400 e. The van der Waals surface area contributed by atoms with Crippen LogP contribution in [0.4, 0.5) is 0 Å². The second-order valence-electron chi connectivity index (χ2n) is 2.84. The van der Waals surface area contributed by atoms with Crippen molar-refractivity contribution in [1.29, 1.82) is 0 Å². The molecule has 1 aromatic heterocycles. The van der Waals surface area contributed by atoms with Gasteiger partial charge in [-0.2, -0.15) is 4.98 Å². The Kier molecular flexibility index (Phi) is 2.95. The molecule has 1 heterocycles. The predicted octanol–water partition coefficient (Wildman–Crippen LogP) is 2.28. The highest BCUT2D eigenvalue weighted by molar-refractivity contribution is 5.51. The molecule has 0 fully saturated rings. The van der Waals surface area contributed by atoms with E-state index < -0.39 is 0 Å². The molecule has 0 aliphatic carbocycles. The summed E-state index contributed by atoms with van der Waals surface area (Å²) in [6.45, 7) is 0. The number of hydrogen-bond acceptors (Lipinski definition) is 5. The number of aromatic nitrogens is 1. The van der Waals surface area contributed by atoms with E-state index in [1.165, 1.54) is 6.20 Å². The molecule has 0 atom stereocenters. The summed E-state index contributed by atoms with van der Waals surface area (Å²) in [5, 5.41) is 0. The van der Waals surface area contributed by atoms with E-state index in [1.54, 1.807) is 32.4 Å². The van der Waals surface area contributed by atoms with Crippen molar-refractivity contribution in [3.63, 3.8) is 0 Å². The minimum Gasteiger partial charge on any atom is -0.493 e. The van der Waals surface area contributed by atoms with Crippen LogP contribution in [0.3, 0.4) is 0 Å². The fourth-order valence-corrected chi connectivity index (χ4v) is 1.23. The van der Waals surface area contributed by atoms with Crippen LogP contribution >= 0.6 is 0 Å². The molecule has 1 aromatic carbocycles. The summed E-state index contributed by atoms with van der Waals surface area (Å²) in [6, 6.07) is 5.31. The van der Waals surface area contributed by atoms with Gasteiger partial charge in [0.2, 0.25) is 5.75 Å². The molecule has 1 radical (unpaired) electrons. The third kappa shape index (κ3) is 1.93. The summed E-state index contributed by atoms with van der Waals surface area (Å²) in [5.74, 6) is 1.50. The zero-order valence-corrected chi connectivity index (χ0v) is 8.89. The zero-order valence-electron chi connectivity index (χ0n) is 8.89. The molecule has 5 nitrogen and oxygen atoms in total. The van der Waals surface area contributed by atoms with E-state index in [-0.39, 0.29) is 6.08 Å². The molecule has 0 N–H and O–H groups in total. The Morgan fingerprint density at radius 3 is 2.38 bits per heavy atom. The van der Waals surface area contributed by atoms with Crippen molar-refractivity contribution in [1.82, 2.24) is 4.98 Å². The van der Waals surface area contributed by atoms with E-state index in [0.29, 0.717) is 17.2 Å². The fraction of sp³-hybridized carbons (Fsp3) is 0.182. The van der Waals surface area contributed by atoms with Crippen molar-refractivity contribution in [2.75, 3.05) is 14.2 Å². The summed E-state index contributed by atoms with van der Waals surface area (Å²) in [4.78, 5) is 3.81. The van der Waals surface area contributed by atoms with E-state index >= 15 is 0 Å². The Labute approximate surface area is 92.6 Å². The lowest BCUT2D eigenvalue weighted by Gasteiger charge is -2.10. The van der Waals surface area contributed by atoms with Gasteiger partial charge in [0.15, 0.2) is 17.8 Å². The molecule has 0 aliphatic heterocycles. The van der Waals surface area contributed by atoms with Gasteiger partial charge in [0.1, 0.15) is 0 Å². The Bertz CT molecular complexity index is 431. The highest BCUT2D eigenvalue weighted by Crippen LogP contribution is 2.39. The first-order chi connectivity index (χ1) is 7.85. The molecule has 0 spiro atoms. The van der Waals surface area contributed by atoms with E-state index in [1.807, 2.05) is 0 Å². The number of nitrogens with zero attached hydrogens (tertiary/aromatic N) is 1. The lowest BCUT2D eigenvalue weighted by Crippen LogP contribution is -1.94. The number of benzene rings is 1. The minimum atomic E-state index is 0.0859. The molecule has 0 amide bonds. The van der Waals surface area contributed by atoms with Gasteiger partial charge >= 0.3 is 6.08 Å². The van der Waals surface area contributed by atoms with Gasteiger partial charge in [-0.15, -0.1) is 0 Å². The third-order valence-corrected chi connectivity index (χ3v) is 1.94. The van der Waals surface area contributed by atoms with E-state index in [9.17, 15) is 0 Å². The fourth-order valence-electron chi connectivity index (χ4n) is 1.23. The summed E-state index contributed by atoms with van der Waals surface area (Å²) in [5.41, 5.74) is 0. The number of oxazole rings is 1. The van der Waals surface area contributed by atoms with Gasteiger partial charge in [-0.3, -0.25) is 0 Å². The van der Waals surface area contributed by atoms with Crippen molar-refractivity contribution in [2.24, 2.45) is 0 Å². The van der Waals surface area contributed by atoms with Crippen molar-refractivity contribution >= 4 is 0 Å². The number of para-hydroxylation sites is 1. The Morgan fingerprint density at radius 1 is 1.19 bits per heavy atom. The maximum Gasteiger partial charge on any atom is 0.400 e. The third-order valence-electron chi connectivity index (χ3n) is 1.94. The summed E-state index contributed by atoms with van der Waals surface area (Å²) < 4.78 is 20.6. The first-order valence-corrected chi connectivity index (χ1v) is 4.56. The first-order valence-electron chi connectivity index (χ1n) is 4.56. The highest BCUT2D eigenvalue weighted by Gasteiger charge is 2.14. The van der Waals surface area contributed by atoms with Gasteiger partial charge in [0, 0.05) is 0 Å². The van der Waals surface area contributed by atoms with Crippen molar-refractivity contribution in [2.45, 2.75) is 0 Å². The molecule has 0 bridgehead atoms. The van der Waals surface area contributed by atoms with Crippen LogP contribution in [0.1, 0.15) is 0 Å². The molecule has 16 heavy (non-hydrogen) atoms. The van der Waals surface area contributed by atoms with E-state index in [2.05, 4.69) is 11.2 Å². The quantitative estimate of drug-likeness (QED) is 0.791. The van der Waals surface area contributed by atoms with Gasteiger partial charge in [0.05, 0.1) is 20.4 Å². The second-order valence-corrected chi connectivity index (χ2v) is 2.84. The number of rotatable bonds is 4. The van der Waals surface area contributed by atoms with Crippen LogP contribution in [0, 0.1) is 6.26 Å². The van der Waals surface area contributed by atoms with Crippen LogP contribution in [0.25, 0.3) is 0 Å². The van der Waals surface area contributed by atoms with Crippen molar-refractivity contribution in [3.05, 3.63) is 30.7 Å². The first kappa shape index (κ1) is 10.4. The molecule has 83 valence electrons. The van der Waals surface area contributed by atoms with Crippen LogP contribution in [0.5, 0.6) is 23.3 Å². The van der Waals surface area contributed by atoms with Crippen molar-refractivity contribution < 1.29 is 18.6 Å². The molecule has 2 rings (SSSR count). The standard InChI is InChI=1S/C11H10NO4/c1-13-8-4-3-5-9(14-2)10(8)16-11-12-6-7-15-11/h3-6H,1-2H3. The molecule has 5 heteroatoms. The summed E-state index contributed by atoms with van der Waals surface area (Å²) >= 11 is 0. The topological polar surface area (TPSA) is 53.7 Å². The minimum absolute atomic E-state index is 0.0859. The molecule has 0 unspecified atom stereocenters. The highest BCUT2D eigenvalue weighted by atomic mass is 16.6. The van der Waals surface area contributed by atoms with Crippen LogP contribution in [-0.4, -0.2) is 19.2 Å². The lowest BCUT2D eigenvalue weighted by molar-refractivity contribution is 0.291. The molecule has 0 aliphatic rings. The van der Waals surface area contributed by atoms with Crippen LogP contribution in [0.2, 0.25) is 0 Å². The second kappa shape index (κ2) is 4.57. The summed E-state index contributed by atoms with van der Waals surface area (Å²) in [6.07, 6.45) is 3.89. The maximum atomic E-state index is 5.40. The number of methoxy groups -OCH3 is 2. The van der Waals surface area contributed by atoms with Crippen LogP contribution < -0.4 is 14.2 Å². The van der Waals surface area contributed by atoms with Gasteiger partial charge in [0.25, 0.3) is 0 Å². The Morgan fingerprint density at radius 2 is 1.88 bits per heavy atom. The molecular formula is C11H10NO4. The van der Waals surface area contributed by atoms with Gasteiger partial charge in [-0.25, -0.2) is 0 Å².